The fourth-order valence-electron chi connectivity index (χ4n) is 2.83. The van der Waals surface area contributed by atoms with Crippen LogP contribution in [-0.2, 0) is 5.33 Å². The summed E-state index contributed by atoms with van der Waals surface area (Å²) in [5, 5.41) is 0.869. The highest BCUT2D eigenvalue weighted by Crippen LogP contribution is 2.31. The van der Waals surface area contributed by atoms with E-state index in [1.54, 1.807) is 0 Å². The van der Waals surface area contributed by atoms with Gasteiger partial charge in [0, 0.05) is 10.9 Å². The topological polar surface area (TPSA) is 9.23 Å². The van der Waals surface area contributed by atoms with Crippen molar-refractivity contribution in [2.24, 2.45) is 5.92 Å². The van der Waals surface area contributed by atoms with Crippen LogP contribution in [0.3, 0.4) is 0 Å². The zero-order valence-corrected chi connectivity index (χ0v) is 13.0. The van der Waals surface area contributed by atoms with Gasteiger partial charge in [0.2, 0.25) is 0 Å². The number of hydrogen-bond acceptors (Lipinski definition) is 1. The van der Waals surface area contributed by atoms with Gasteiger partial charge in [-0.2, -0.15) is 0 Å². The van der Waals surface area contributed by atoms with Crippen molar-refractivity contribution in [3.8, 4) is 5.75 Å². The molecule has 0 radical (unpaired) electrons. The van der Waals surface area contributed by atoms with Gasteiger partial charge in [-0.15, -0.1) is 0 Å². The van der Waals surface area contributed by atoms with Gasteiger partial charge in [0.15, 0.2) is 0 Å². The van der Waals surface area contributed by atoms with Crippen molar-refractivity contribution < 1.29 is 4.74 Å². The quantitative estimate of drug-likeness (QED) is 0.691. The van der Waals surface area contributed by atoms with Crippen molar-refractivity contribution in [3.63, 3.8) is 0 Å². The minimum atomic E-state index is 0.421. The van der Waals surface area contributed by atoms with E-state index in [0.717, 1.165) is 17.0 Å². The Morgan fingerprint density at radius 3 is 2.89 bits per heavy atom. The predicted octanol–water partition coefficient (Wildman–Crippen LogP) is 5.24. The van der Waals surface area contributed by atoms with Crippen LogP contribution >= 0.6 is 15.9 Å². The Kier molecular flexibility index (Phi) is 5.11. The number of aryl methyl sites for hydroxylation is 1. The van der Waals surface area contributed by atoms with Gasteiger partial charge in [0.25, 0.3) is 0 Å². The largest absolute Gasteiger partial charge is 0.490 e. The van der Waals surface area contributed by atoms with E-state index in [4.69, 9.17) is 4.74 Å². The van der Waals surface area contributed by atoms with Crippen molar-refractivity contribution in [2.75, 3.05) is 0 Å². The second-order valence-corrected chi connectivity index (χ2v) is 5.99. The Labute approximate surface area is 119 Å². The van der Waals surface area contributed by atoms with Crippen LogP contribution in [0.5, 0.6) is 5.75 Å². The molecule has 2 atom stereocenters. The molecule has 0 amide bonds. The molecule has 1 saturated carbocycles. The Balaban J connectivity index is 2.04. The van der Waals surface area contributed by atoms with Gasteiger partial charge in [0.05, 0.1) is 6.10 Å². The highest BCUT2D eigenvalue weighted by Gasteiger charge is 2.22. The summed E-state index contributed by atoms with van der Waals surface area (Å²) in [4.78, 5) is 0. The van der Waals surface area contributed by atoms with E-state index in [1.165, 1.54) is 43.2 Å². The minimum Gasteiger partial charge on any atom is -0.490 e. The summed E-state index contributed by atoms with van der Waals surface area (Å²) in [6.45, 7) is 4.42. The van der Waals surface area contributed by atoms with Crippen LogP contribution < -0.4 is 4.74 Å². The average molecular weight is 311 g/mol. The van der Waals surface area contributed by atoms with E-state index in [2.05, 4.69) is 48.0 Å². The first-order valence-corrected chi connectivity index (χ1v) is 8.17. The van der Waals surface area contributed by atoms with Gasteiger partial charge in [-0.05, 0) is 38.2 Å². The predicted molar refractivity (Wildman–Crippen MR) is 80.5 cm³/mol. The van der Waals surface area contributed by atoms with Crippen LogP contribution in [0.2, 0.25) is 0 Å². The number of rotatable bonds is 4. The third kappa shape index (κ3) is 3.50. The Morgan fingerprint density at radius 1 is 1.33 bits per heavy atom. The molecule has 1 aliphatic carbocycles. The summed E-state index contributed by atoms with van der Waals surface area (Å²) in [5.74, 6) is 1.93. The molecule has 0 spiro atoms. The number of halogens is 1. The van der Waals surface area contributed by atoms with Gasteiger partial charge >= 0.3 is 0 Å². The normalized spacial score (nSPS) is 23.9. The van der Waals surface area contributed by atoms with E-state index >= 15 is 0 Å². The fourth-order valence-corrected chi connectivity index (χ4v) is 3.26. The van der Waals surface area contributed by atoms with Gasteiger partial charge in [-0.3, -0.25) is 0 Å². The molecule has 0 aromatic heterocycles. The lowest BCUT2D eigenvalue weighted by molar-refractivity contribution is 0.121. The van der Waals surface area contributed by atoms with Crippen molar-refractivity contribution in [1.82, 2.24) is 0 Å². The summed E-state index contributed by atoms with van der Waals surface area (Å²) in [6, 6.07) is 6.48. The second-order valence-electron chi connectivity index (χ2n) is 5.43. The van der Waals surface area contributed by atoms with Crippen molar-refractivity contribution in [2.45, 2.75) is 57.4 Å². The highest BCUT2D eigenvalue weighted by molar-refractivity contribution is 9.08. The highest BCUT2D eigenvalue weighted by atomic mass is 79.9. The second kappa shape index (κ2) is 6.60. The minimum absolute atomic E-state index is 0.421. The SMILES string of the molecule is CCC1CCCC(Oc2ccc(C)cc2CBr)C1. The van der Waals surface area contributed by atoms with Crippen LogP contribution in [0, 0.1) is 12.8 Å². The Hall–Kier alpha value is -0.500. The van der Waals surface area contributed by atoms with Crippen LogP contribution in [0.25, 0.3) is 0 Å². The maximum atomic E-state index is 6.23. The molecule has 1 aromatic carbocycles. The molecule has 0 aliphatic heterocycles. The lowest BCUT2D eigenvalue weighted by atomic mass is 9.85. The zero-order chi connectivity index (χ0) is 13.0. The number of alkyl halides is 1. The molecule has 1 fully saturated rings. The molecule has 2 heteroatoms. The molecule has 0 heterocycles. The molecule has 0 bridgehead atoms. The summed E-state index contributed by atoms with van der Waals surface area (Å²) < 4.78 is 6.23. The van der Waals surface area contributed by atoms with Gasteiger partial charge in [-0.1, -0.05) is 53.4 Å². The van der Waals surface area contributed by atoms with E-state index in [-0.39, 0.29) is 0 Å². The van der Waals surface area contributed by atoms with Crippen molar-refractivity contribution in [3.05, 3.63) is 29.3 Å². The molecule has 2 unspecified atom stereocenters. The molecule has 1 aromatic rings. The average Bonchev–Trinajstić information content (AvgIpc) is 2.41. The number of hydrogen-bond donors (Lipinski definition) is 0. The number of ether oxygens (including phenoxy) is 1. The van der Waals surface area contributed by atoms with Crippen LogP contribution in [0.4, 0.5) is 0 Å². The summed E-state index contributed by atoms with van der Waals surface area (Å²) in [6.07, 6.45) is 6.86. The first-order valence-electron chi connectivity index (χ1n) is 7.05. The Bertz CT molecular complexity index is 389. The molecule has 2 rings (SSSR count). The van der Waals surface area contributed by atoms with Crippen molar-refractivity contribution in [1.29, 1.82) is 0 Å². The van der Waals surface area contributed by atoms with Crippen LogP contribution in [0.15, 0.2) is 18.2 Å². The molecule has 0 saturated heterocycles. The zero-order valence-electron chi connectivity index (χ0n) is 11.4. The number of benzene rings is 1. The monoisotopic (exact) mass is 310 g/mol. The maximum Gasteiger partial charge on any atom is 0.123 e. The summed E-state index contributed by atoms with van der Waals surface area (Å²) in [5.41, 5.74) is 2.57. The lowest BCUT2D eigenvalue weighted by Gasteiger charge is -2.29. The molecular weight excluding hydrogens is 288 g/mol. The van der Waals surface area contributed by atoms with E-state index in [0.29, 0.717) is 6.10 Å². The molecule has 1 aliphatic rings. The third-order valence-electron chi connectivity index (χ3n) is 3.97. The molecular formula is C16H23BrO. The van der Waals surface area contributed by atoms with Crippen LogP contribution in [0.1, 0.15) is 50.2 Å². The first-order chi connectivity index (χ1) is 8.72. The molecule has 100 valence electrons. The van der Waals surface area contributed by atoms with E-state index in [9.17, 15) is 0 Å². The molecule has 1 nitrogen and oxygen atoms in total. The van der Waals surface area contributed by atoms with E-state index < -0.39 is 0 Å². The third-order valence-corrected chi connectivity index (χ3v) is 4.57. The maximum absolute atomic E-state index is 6.23. The Morgan fingerprint density at radius 2 is 2.17 bits per heavy atom. The summed E-state index contributed by atoms with van der Waals surface area (Å²) in [7, 11) is 0. The molecule has 0 N–H and O–H groups in total. The van der Waals surface area contributed by atoms with Gasteiger partial charge < -0.3 is 4.74 Å². The first kappa shape index (κ1) is 13.9. The van der Waals surface area contributed by atoms with Gasteiger partial charge in [-0.25, -0.2) is 0 Å². The summed E-state index contributed by atoms with van der Waals surface area (Å²) >= 11 is 3.55. The van der Waals surface area contributed by atoms with Crippen molar-refractivity contribution >= 4 is 15.9 Å². The van der Waals surface area contributed by atoms with E-state index in [1.807, 2.05) is 0 Å². The fraction of sp³-hybridized carbons (Fsp3) is 0.625. The van der Waals surface area contributed by atoms with Crippen LogP contribution in [-0.4, -0.2) is 6.10 Å². The molecule has 18 heavy (non-hydrogen) atoms. The lowest BCUT2D eigenvalue weighted by Crippen LogP contribution is -2.25. The standard InChI is InChI=1S/C16H23BrO/c1-3-13-5-4-6-15(10-13)18-16-8-7-12(2)9-14(16)11-17/h7-9,13,15H,3-6,10-11H2,1-2H3. The van der Waals surface area contributed by atoms with Gasteiger partial charge in [0.1, 0.15) is 5.75 Å². The smallest absolute Gasteiger partial charge is 0.123 e.